The smallest absolute Gasteiger partial charge is 0.251 e. The molecule has 0 unspecified atom stereocenters. The zero-order valence-electron chi connectivity index (χ0n) is 11.5. The second kappa shape index (κ2) is 6.87. The first kappa shape index (κ1) is 14.3. The monoisotopic (exact) mass is 269 g/mol. The van der Waals surface area contributed by atoms with E-state index in [0.717, 1.165) is 12.0 Å². The van der Waals surface area contributed by atoms with E-state index >= 15 is 0 Å². The number of nitrogens with one attached hydrogen (secondary N) is 1. The molecule has 0 spiro atoms. The lowest BCUT2D eigenvalue weighted by Gasteiger charge is -2.12. The van der Waals surface area contributed by atoms with E-state index < -0.39 is 6.10 Å². The standard InChI is InChI=1S/C17H19NO2/c1-2-13-8-10-15(11-9-13)17(20)18-12-16(19)14-6-4-3-5-7-14/h3-11,16,19H,2,12H2,1H3,(H,18,20)/t16-/m0/s1. The van der Waals surface area contributed by atoms with Crippen LogP contribution in [0, 0.1) is 0 Å². The zero-order valence-corrected chi connectivity index (χ0v) is 11.5. The van der Waals surface area contributed by atoms with Crippen LogP contribution in [0.4, 0.5) is 0 Å². The summed E-state index contributed by atoms with van der Waals surface area (Å²) in [6.45, 7) is 2.28. The lowest BCUT2D eigenvalue weighted by Crippen LogP contribution is -2.28. The second-order valence-corrected chi connectivity index (χ2v) is 4.69. The van der Waals surface area contributed by atoms with Crippen LogP contribution < -0.4 is 5.32 Å². The minimum absolute atomic E-state index is 0.164. The largest absolute Gasteiger partial charge is 0.387 e. The molecular formula is C17H19NO2. The van der Waals surface area contributed by atoms with E-state index in [0.29, 0.717) is 5.56 Å². The minimum atomic E-state index is -0.685. The molecule has 0 aliphatic heterocycles. The molecule has 3 nitrogen and oxygen atoms in total. The Hall–Kier alpha value is -2.13. The van der Waals surface area contributed by atoms with Gasteiger partial charge in [0.25, 0.3) is 5.91 Å². The average molecular weight is 269 g/mol. The van der Waals surface area contributed by atoms with Gasteiger partial charge in [-0.1, -0.05) is 49.4 Å². The van der Waals surface area contributed by atoms with E-state index in [1.54, 1.807) is 0 Å². The quantitative estimate of drug-likeness (QED) is 0.876. The normalized spacial score (nSPS) is 11.9. The minimum Gasteiger partial charge on any atom is -0.387 e. The summed E-state index contributed by atoms with van der Waals surface area (Å²) in [7, 11) is 0. The van der Waals surface area contributed by atoms with Gasteiger partial charge in [0.05, 0.1) is 6.10 Å². The molecule has 1 amide bonds. The summed E-state index contributed by atoms with van der Waals surface area (Å²) in [6.07, 6.45) is 0.268. The van der Waals surface area contributed by atoms with Crippen molar-refractivity contribution in [2.75, 3.05) is 6.54 Å². The van der Waals surface area contributed by atoms with Crippen LogP contribution in [0.3, 0.4) is 0 Å². The molecule has 0 aromatic heterocycles. The van der Waals surface area contributed by atoms with E-state index in [4.69, 9.17) is 0 Å². The predicted molar refractivity (Wildman–Crippen MR) is 79.6 cm³/mol. The van der Waals surface area contributed by atoms with E-state index in [1.165, 1.54) is 5.56 Å². The van der Waals surface area contributed by atoms with Gasteiger partial charge >= 0.3 is 0 Å². The van der Waals surface area contributed by atoms with E-state index in [2.05, 4.69) is 12.2 Å². The van der Waals surface area contributed by atoms with Crippen LogP contribution in [0.15, 0.2) is 54.6 Å². The van der Waals surface area contributed by atoms with Crippen molar-refractivity contribution in [2.45, 2.75) is 19.4 Å². The summed E-state index contributed by atoms with van der Waals surface area (Å²) < 4.78 is 0. The van der Waals surface area contributed by atoms with Crippen molar-refractivity contribution in [1.82, 2.24) is 5.32 Å². The highest BCUT2D eigenvalue weighted by Gasteiger charge is 2.10. The Labute approximate surface area is 119 Å². The number of aryl methyl sites for hydroxylation is 1. The number of aliphatic hydroxyl groups excluding tert-OH is 1. The Bertz CT molecular complexity index is 549. The zero-order chi connectivity index (χ0) is 14.4. The van der Waals surface area contributed by atoms with Gasteiger partial charge in [0.2, 0.25) is 0 Å². The van der Waals surface area contributed by atoms with Crippen LogP contribution in [-0.4, -0.2) is 17.6 Å². The molecule has 0 aliphatic carbocycles. The highest BCUT2D eigenvalue weighted by molar-refractivity contribution is 5.94. The number of benzene rings is 2. The number of amides is 1. The summed E-state index contributed by atoms with van der Waals surface area (Å²) in [6, 6.07) is 16.8. The Morgan fingerprint density at radius 3 is 2.35 bits per heavy atom. The van der Waals surface area contributed by atoms with Crippen LogP contribution in [-0.2, 0) is 6.42 Å². The number of hydrogen-bond acceptors (Lipinski definition) is 2. The fraction of sp³-hybridized carbons (Fsp3) is 0.235. The number of carbonyl (C=O) groups is 1. The number of rotatable bonds is 5. The lowest BCUT2D eigenvalue weighted by molar-refractivity contribution is 0.0916. The fourth-order valence-electron chi connectivity index (χ4n) is 1.98. The Kier molecular flexibility index (Phi) is 4.91. The third kappa shape index (κ3) is 3.68. The maximum Gasteiger partial charge on any atom is 0.251 e. The van der Waals surface area contributed by atoms with Crippen molar-refractivity contribution in [3.8, 4) is 0 Å². The molecule has 2 N–H and O–H groups in total. The summed E-state index contributed by atoms with van der Waals surface area (Å²) in [4.78, 5) is 12.0. The number of carbonyl (C=O) groups excluding carboxylic acids is 1. The van der Waals surface area contributed by atoms with Gasteiger partial charge in [0.15, 0.2) is 0 Å². The van der Waals surface area contributed by atoms with Crippen molar-refractivity contribution in [3.05, 3.63) is 71.3 Å². The van der Waals surface area contributed by atoms with Gasteiger partial charge in [-0.25, -0.2) is 0 Å². The molecule has 0 heterocycles. The molecule has 2 rings (SSSR count). The maximum absolute atomic E-state index is 12.0. The van der Waals surface area contributed by atoms with Crippen molar-refractivity contribution < 1.29 is 9.90 Å². The van der Waals surface area contributed by atoms with Gasteiger partial charge in [-0.2, -0.15) is 0 Å². The first-order valence-corrected chi connectivity index (χ1v) is 6.81. The Balaban J connectivity index is 1.91. The number of aliphatic hydroxyl groups is 1. The van der Waals surface area contributed by atoms with Crippen molar-refractivity contribution >= 4 is 5.91 Å². The van der Waals surface area contributed by atoms with Crippen LogP contribution in [0.1, 0.15) is 34.5 Å². The van der Waals surface area contributed by atoms with Crippen LogP contribution in [0.2, 0.25) is 0 Å². The molecule has 0 fully saturated rings. The molecule has 3 heteroatoms. The topological polar surface area (TPSA) is 49.3 Å². The molecule has 0 saturated carbocycles. The molecule has 2 aromatic rings. The highest BCUT2D eigenvalue weighted by atomic mass is 16.3. The van der Waals surface area contributed by atoms with Gasteiger partial charge in [-0.15, -0.1) is 0 Å². The van der Waals surface area contributed by atoms with Crippen LogP contribution in [0.25, 0.3) is 0 Å². The van der Waals surface area contributed by atoms with Crippen molar-refractivity contribution in [2.24, 2.45) is 0 Å². The van der Waals surface area contributed by atoms with Crippen molar-refractivity contribution in [1.29, 1.82) is 0 Å². The molecule has 0 bridgehead atoms. The summed E-state index contributed by atoms with van der Waals surface area (Å²) in [5, 5.41) is 12.7. The van der Waals surface area contributed by atoms with E-state index in [9.17, 15) is 9.90 Å². The second-order valence-electron chi connectivity index (χ2n) is 4.69. The summed E-state index contributed by atoms with van der Waals surface area (Å²) in [5.74, 6) is -0.164. The average Bonchev–Trinajstić information content (AvgIpc) is 2.53. The van der Waals surface area contributed by atoms with Gasteiger partial charge in [-0.3, -0.25) is 4.79 Å². The first-order chi connectivity index (χ1) is 9.70. The maximum atomic E-state index is 12.0. The molecule has 0 saturated heterocycles. The summed E-state index contributed by atoms with van der Waals surface area (Å²) >= 11 is 0. The molecule has 1 atom stereocenters. The fourth-order valence-corrected chi connectivity index (χ4v) is 1.98. The Morgan fingerprint density at radius 2 is 1.75 bits per heavy atom. The lowest BCUT2D eigenvalue weighted by atomic mass is 10.1. The SMILES string of the molecule is CCc1ccc(C(=O)NC[C@H](O)c2ccccc2)cc1. The Morgan fingerprint density at radius 1 is 1.10 bits per heavy atom. The molecule has 104 valence electrons. The molecule has 20 heavy (non-hydrogen) atoms. The summed E-state index contributed by atoms with van der Waals surface area (Å²) in [5.41, 5.74) is 2.61. The predicted octanol–water partition coefficient (Wildman–Crippen LogP) is 2.71. The highest BCUT2D eigenvalue weighted by Crippen LogP contribution is 2.11. The third-order valence-corrected chi connectivity index (χ3v) is 3.26. The van der Waals surface area contributed by atoms with Gasteiger partial charge in [0.1, 0.15) is 0 Å². The molecule has 2 aromatic carbocycles. The van der Waals surface area contributed by atoms with E-state index in [1.807, 2.05) is 54.6 Å². The first-order valence-electron chi connectivity index (χ1n) is 6.81. The van der Waals surface area contributed by atoms with Crippen molar-refractivity contribution in [3.63, 3.8) is 0 Å². The van der Waals surface area contributed by atoms with Crippen LogP contribution >= 0.6 is 0 Å². The molecule has 0 radical (unpaired) electrons. The van der Waals surface area contributed by atoms with Gasteiger partial charge in [-0.05, 0) is 29.7 Å². The van der Waals surface area contributed by atoms with Crippen LogP contribution in [0.5, 0.6) is 0 Å². The molecular weight excluding hydrogens is 250 g/mol. The third-order valence-electron chi connectivity index (χ3n) is 3.26. The van der Waals surface area contributed by atoms with E-state index in [-0.39, 0.29) is 12.5 Å². The molecule has 0 aliphatic rings. The van der Waals surface area contributed by atoms with Gasteiger partial charge < -0.3 is 10.4 Å². The number of hydrogen-bond donors (Lipinski definition) is 2. The van der Waals surface area contributed by atoms with Gasteiger partial charge in [0, 0.05) is 12.1 Å².